The molecule has 0 aliphatic rings. The Hall–Kier alpha value is -3.00. The standard InChI is InChI=1S/C18H17N3O4S/c22-18(15-8-9-17(19-14-15)21-11-4-10-20-21)25-12-5-13-26(23,24)16-6-2-1-3-7-16/h1-4,6-11,14H,5,12-13H2. The Bertz CT molecular complexity index is 953. The van der Waals surface area contributed by atoms with E-state index in [1.165, 1.54) is 6.20 Å². The summed E-state index contributed by atoms with van der Waals surface area (Å²) < 4.78 is 31.0. The molecule has 8 heteroatoms. The molecule has 1 aromatic carbocycles. The first-order chi connectivity index (χ1) is 12.6. The molecule has 134 valence electrons. The number of sulfone groups is 1. The van der Waals surface area contributed by atoms with Gasteiger partial charge < -0.3 is 4.74 Å². The van der Waals surface area contributed by atoms with E-state index in [4.69, 9.17) is 4.74 Å². The van der Waals surface area contributed by atoms with E-state index in [-0.39, 0.29) is 23.7 Å². The monoisotopic (exact) mass is 371 g/mol. The minimum atomic E-state index is -3.37. The average molecular weight is 371 g/mol. The molecule has 0 aliphatic carbocycles. The molecule has 0 saturated heterocycles. The number of carbonyl (C=O) groups excluding carboxylic acids is 1. The van der Waals surface area contributed by atoms with Gasteiger partial charge in [0.15, 0.2) is 15.7 Å². The molecule has 2 heterocycles. The van der Waals surface area contributed by atoms with Crippen molar-refractivity contribution in [2.75, 3.05) is 12.4 Å². The van der Waals surface area contributed by atoms with Crippen LogP contribution in [0.2, 0.25) is 0 Å². The Morgan fingerprint density at radius 2 is 1.88 bits per heavy atom. The Labute approximate surface area is 151 Å². The Morgan fingerprint density at radius 3 is 2.54 bits per heavy atom. The van der Waals surface area contributed by atoms with E-state index >= 15 is 0 Å². The summed E-state index contributed by atoms with van der Waals surface area (Å²) in [6.07, 6.45) is 5.00. The zero-order valence-corrected chi connectivity index (χ0v) is 14.7. The summed E-state index contributed by atoms with van der Waals surface area (Å²) in [5.41, 5.74) is 0.298. The highest BCUT2D eigenvalue weighted by Crippen LogP contribution is 2.11. The highest BCUT2D eigenvalue weighted by atomic mass is 32.2. The van der Waals surface area contributed by atoms with E-state index in [2.05, 4.69) is 10.1 Å². The zero-order chi connectivity index (χ0) is 18.4. The summed E-state index contributed by atoms with van der Waals surface area (Å²) in [7, 11) is -3.37. The molecular formula is C18H17N3O4S. The smallest absolute Gasteiger partial charge is 0.339 e. The number of esters is 1. The summed E-state index contributed by atoms with van der Waals surface area (Å²) in [6.45, 7) is 0.0196. The van der Waals surface area contributed by atoms with Crippen molar-refractivity contribution >= 4 is 15.8 Å². The maximum Gasteiger partial charge on any atom is 0.339 e. The SMILES string of the molecule is O=C(OCCCS(=O)(=O)c1ccccc1)c1ccc(-n2cccn2)nc1. The van der Waals surface area contributed by atoms with Crippen LogP contribution in [0.3, 0.4) is 0 Å². The first-order valence-electron chi connectivity index (χ1n) is 7.97. The second-order valence-corrected chi connectivity index (χ2v) is 7.59. The summed E-state index contributed by atoms with van der Waals surface area (Å²) in [6, 6.07) is 13.2. The summed E-state index contributed by atoms with van der Waals surface area (Å²) in [5.74, 6) is -0.0389. The fourth-order valence-corrected chi connectivity index (χ4v) is 3.59. The number of pyridine rings is 1. The van der Waals surface area contributed by atoms with Crippen LogP contribution in [0.1, 0.15) is 16.8 Å². The van der Waals surface area contributed by atoms with Crippen LogP contribution in [0.4, 0.5) is 0 Å². The van der Waals surface area contributed by atoms with E-state index in [0.717, 1.165) is 0 Å². The van der Waals surface area contributed by atoms with Gasteiger partial charge in [0.2, 0.25) is 0 Å². The summed E-state index contributed by atoms with van der Waals surface area (Å²) >= 11 is 0. The number of benzene rings is 1. The van der Waals surface area contributed by atoms with Crippen LogP contribution in [-0.2, 0) is 14.6 Å². The third-order valence-corrected chi connectivity index (χ3v) is 5.43. The van der Waals surface area contributed by atoms with Crippen molar-refractivity contribution in [3.05, 3.63) is 72.7 Å². The normalized spacial score (nSPS) is 11.2. The molecule has 0 unspecified atom stereocenters. The molecule has 26 heavy (non-hydrogen) atoms. The van der Waals surface area contributed by atoms with Gasteiger partial charge in [0.1, 0.15) is 0 Å². The van der Waals surface area contributed by atoms with Gasteiger partial charge >= 0.3 is 5.97 Å². The summed E-state index contributed by atoms with van der Waals surface area (Å²) in [5, 5.41) is 4.05. The molecule has 0 amide bonds. The van der Waals surface area contributed by atoms with Gasteiger partial charge in [-0.15, -0.1) is 0 Å². The Kier molecular flexibility index (Phi) is 5.43. The van der Waals surface area contributed by atoms with E-state index in [9.17, 15) is 13.2 Å². The lowest BCUT2D eigenvalue weighted by Gasteiger charge is -2.07. The van der Waals surface area contributed by atoms with Crippen molar-refractivity contribution in [2.45, 2.75) is 11.3 Å². The molecule has 0 bridgehead atoms. The largest absolute Gasteiger partial charge is 0.462 e. The van der Waals surface area contributed by atoms with Crippen molar-refractivity contribution < 1.29 is 17.9 Å². The van der Waals surface area contributed by atoms with Crippen LogP contribution in [0.25, 0.3) is 5.82 Å². The maximum atomic E-state index is 12.1. The molecule has 0 N–H and O–H groups in total. The third kappa shape index (κ3) is 4.34. The lowest BCUT2D eigenvalue weighted by Crippen LogP contribution is -2.12. The topological polar surface area (TPSA) is 91.2 Å². The number of hydrogen-bond donors (Lipinski definition) is 0. The van der Waals surface area contributed by atoms with Crippen molar-refractivity contribution in [1.82, 2.24) is 14.8 Å². The molecule has 3 aromatic rings. The lowest BCUT2D eigenvalue weighted by molar-refractivity contribution is 0.0505. The van der Waals surface area contributed by atoms with Crippen molar-refractivity contribution in [3.8, 4) is 5.82 Å². The fraction of sp³-hybridized carbons (Fsp3) is 0.167. The minimum absolute atomic E-state index is 0.0196. The van der Waals surface area contributed by atoms with Gasteiger partial charge in [0, 0.05) is 18.6 Å². The zero-order valence-electron chi connectivity index (χ0n) is 13.9. The number of ether oxygens (including phenoxy) is 1. The van der Waals surface area contributed by atoms with Crippen LogP contribution in [0, 0.1) is 0 Å². The van der Waals surface area contributed by atoms with Gasteiger partial charge in [-0.25, -0.2) is 22.9 Å². The molecule has 0 atom stereocenters. The first-order valence-corrected chi connectivity index (χ1v) is 9.62. The van der Waals surface area contributed by atoms with Crippen molar-refractivity contribution in [3.63, 3.8) is 0 Å². The molecular weight excluding hydrogens is 354 g/mol. The van der Waals surface area contributed by atoms with Crippen LogP contribution in [0.15, 0.2) is 72.0 Å². The predicted octanol–water partition coefficient (Wildman–Crippen LogP) is 2.29. The van der Waals surface area contributed by atoms with Gasteiger partial charge in [-0.3, -0.25) is 0 Å². The van der Waals surface area contributed by atoms with Gasteiger partial charge in [-0.05, 0) is 36.8 Å². The molecule has 7 nitrogen and oxygen atoms in total. The third-order valence-electron chi connectivity index (χ3n) is 3.62. The fourth-order valence-electron chi connectivity index (χ4n) is 2.29. The van der Waals surface area contributed by atoms with Crippen LogP contribution in [-0.4, -0.2) is 41.5 Å². The number of rotatable bonds is 7. The molecule has 0 fully saturated rings. The van der Waals surface area contributed by atoms with Gasteiger partial charge in [-0.1, -0.05) is 18.2 Å². The van der Waals surface area contributed by atoms with Crippen molar-refractivity contribution in [2.24, 2.45) is 0 Å². The minimum Gasteiger partial charge on any atom is -0.462 e. The molecule has 2 aromatic heterocycles. The number of nitrogens with zero attached hydrogens (tertiary/aromatic N) is 3. The van der Waals surface area contributed by atoms with Crippen LogP contribution < -0.4 is 0 Å². The summed E-state index contributed by atoms with van der Waals surface area (Å²) in [4.78, 5) is 16.4. The lowest BCUT2D eigenvalue weighted by atomic mass is 10.3. The second kappa shape index (κ2) is 7.92. The second-order valence-electron chi connectivity index (χ2n) is 5.48. The number of aromatic nitrogens is 3. The predicted molar refractivity (Wildman–Crippen MR) is 94.8 cm³/mol. The number of hydrogen-bond acceptors (Lipinski definition) is 6. The van der Waals surface area contributed by atoms with E-state index < -0.39 is 15.8 Å². The van der Waals surface area contributed by atoms with E-state index in [1.807, 2.05) is 0 Å². The highest BCUT2D eigenvalue weighted by molar-refractivity contribution is 7.91. The number of carbonyl (C=O) groups is 1. The molecule has 0 saturated carbocycles. The Morgan fingerprint density at radius 1 is 1.08 bits per heavy atom. The van der Waals surface area contributed by atoms with Gasteiger partial charge in [0.25, 0.3) is 0 Å². The maximum absolute atomic E-state index is 12.1. The molecule has 3 rings (SSSR count). The molecule has 0 radical (unpaired) electrons. The van der Waals surface area contributed by atoms with Gasteiger partial charge in [0.05, 0.1) is 22.8 Å². The van der Waals surface area contributed by atoms with Crippen LogP contribution in [0.5, 0.6) is 0 Å². The van der Waals surface area contributed by atoms with Crippen LogP contribution >= 0.6 is 0 Å². The van der Waals surface area contributed by atoms with Gasteiger partial charge in [-0.2, -0.15) is 5.10 Å². The first kappa shape index (κ1) is 17.8. The average Bonchev–Trinajstić information content (AvgIpc) is 3.21. The Balaban J connectivity index is 1.50. The highest BCUT2D eigenvalue weighted by Gasteiger charge is 2.14. The van der Waals surface area contributed by atoms with E-state index in [0.29, 0.717) is 11.4 Å². The quantitative estimate of drug-likeness (QED) is 0.467. The van der Waals surface area contributed by atoms with E-state index in [1.54, 1.807) is 65.6 Å². The molecule has 0 spiro atoms. The van der Waals surface area contributed by atoms with Crippen molar-refractivity contribution in [1.29, 1.82) is 0 Å². The molecule has 0 aliphatic heterocycles.